The zero-order valence-electron chi connectivity index (χ0n) is 14.3. The first-order chi connectivity index (χ1) is 12.8. The summed E-state index contributed by atoms with van der Waals surface area (Å²) in [5.74, 6) is -1.56. The van der Waals surface area contributed by atoms with Crippen molar-refractivity contribution in [2.24, 2.45) is 5.10 Å². The van der Waals surface area contributed by atoms with Crippen molar-refractivity contribution in [1.29, 1.82) is 0 Å². The van der Waals surface area contributed by atoms with Crippen LogP contribution in [-0.4, -0.2) is 34.4 Å². The molecule has 1 amide bonds. The maximum absolute atomic E-state index is 11.8. The molecule has 27 heavy (non-hydrogen) atoms. The molecule has 0 aromatic heterocycles. The molecule has 0 aliphatic heterocycles. The van der Waals surface area contributed by atoms with E-state index in [2.05, 4.69) is 37.1 Å². The van der Waals surface area contributed by atoms with E-state index >= 15 is 0 Å². The van der Waals surface area contributed by atoms with E-state index in [1.807, 2.05) is 31.2 Å². The molecule has 0 radical (unpaired) electrons. The van der Waals surface area contributed by atoms with Gasteiger partial charge in [-0.25, -0.2) is 0 Å². The summed E-state index contributed by atoms with van der Waals surface area (Å²) in [6.07, 6.45) is 0. The van der Waals surface area contributed by atoms with Crippen molar-refractivity contribution in [3.63, 3.8) is 0 Å². The molecule has 0 unspecified atom stereocenters. The third kappa shape index (κ3) is 6.80. The number of thiocarbonyl (C=S) groups is 1. The van der Waals surface area contributed by atoms with Crippen molar-refractivity contribution in [3.05, 3.63) is 64.1 Å². The number of anilines is 1. The maximum atomic E-state index is 11.8. The van der Waals surface area contributed by atoms with E-state index in [9.17, 15) is 9.59 Å². The summed E-state index contributed by atoms with van der Waals surface area (Å²) in [5, 5.41) is 18.4. The summed E-state index contributed by atoms with van der Waals surface area (Å²) in [4.78, 5) is 22.2. The molecule has 0 saturated carbocycles. The Hall–Kier alpha value is -2.78. The highest BCUT2D eigenvalue weighted by atomic mass is 79.9. The molecule has 2 aromatic rings. The van der Waals surface area contributed by atoms with E-state index in [-0.39, 0.29) is 0 Å². The predicted octanol–water partition coefficient (Wildman–Crippen LogP) is 2.97. The molecule has 140 valence electrons. The molecule has 0 atom stereocenters. The zero-order chi connectivity index (χ0) is 19.8. The highest BCUT2D eigenvalue weighted by Gasteiger charge is 2.07. The van der Waals surface area contributed by atoms with Gasteiger partial charge in [0.15, 0.2) is 5.11 Å². The predicted molar refractivity (Wildman–Crippen MR) is 112 cm³/mol. The van der Waals surface area contributed by atoms with Gasteiger partial charge in [0.25, 0.3) is 5.91 Å². The Morgan fingerprint density at radius 3 is 2.26 bits per heavy atom. The number of benzene rings is 2. The van der Waals surface area contributed by atoms with E-state index in [0.29, 0.717) is 16.4 Å². The van der Waals surface area contributed by atoms with Gasteiger partial charge in [0.2, 0.25) is 0 Å². The van der Waals surface area contributed by atoms with Crippen LogP contribution in [0.25, 0.3) is 0 Å². The Morgan fingerprint density at radius 1 is 1.07 bits per heavy atom. The minimum Gasteiger partial charge on any atom is -0.480 e. The fraction of sp³-hybridized carbons (Fsp3) is 0.111. The minimum atomic E-state index is -1.10. The quantitative estimate of drug-likeness (QED) is 0.307. The zero-order valence-corrected chi connectivity index (χ0v) is 16.7. The molecule has 4 N–H and O–H groups in total. The van der Waals surface area contributed by atoms with Gasteiger partial charge < -0.3 is 15.7 Å². The first-order valence-electron chi connectivity index (χ1n) is 7.82. The molecule has 0 bridgehead atoms. The van der Waals surface area contributed by atoms with Gasteiger partial charge in [0.1, 0.15) is 6.54 Å². The molecule has 0 aliphatic rings. The fourth-order valence-corrected chi connectivity index (χ4v) is 2.44. The Morgan fingerprint density at radius 2 is 1.67 bits per heavy atom. The smallest absolute Gasteiger partial charge is 0.322 e. The van der Waals surface area contributed by atoms with E-state index in [1.54, 1.807) is 24.3 Å². The van der Waals surface area contributed by atoms with Crippen LogP contribution in [0.1, 0.15) is 22.8 Å². The highest BCUT2D eigenvalue weighted by Crippen LogP contribution is 2.11. The van der Waals surface area contributed by atoms with Gasteiger partial charge in [0, 0.05) is 15.7 Å². The van der Waals surface area contributed by atoms with Crippen molar-refractivity contribution in [1.82, 2.24) is 10.7 Å². The highest BCUT2D eigenvalue weighted by molar-refractivity contribution is 9.10. The van der Waals surface area contributed by atoms with Crippen LogP contribution in [-0.2, 0) is 4.79 Å². The number of carbonyl (C=O) groups is 2. The molecule has 0 saturated heterocycles. The number of hydrazone groups is 1. The maximum Gasteiger partial charge on any atom is 0.322 e. The van der Waals surface area contributed by atoms with Crippen LogP contribution in [0.15, 0.2) is 58.1 Å². The van der Waals surface area contributed by atoms with Crippen molar-refractivity contribution >= 4 is 56.5 Å². The van der Waals surface area contributed by atoms with Gasteiger partial charge >= 0.3 is 5.97 Å². The molecule has 0 heterocycles. The fourth-order valence-electron chi connectivity index (χ4n) is 2.01. The average Bonchev–Trinajstić information content (AvgIpc) is 2.65. The molecule has 0 fully saturated rings. The van der Waals surface area contributed by atoms with Crippen LogP contribution < -0.4 is 16.1 Å². The number of nitrogens with one attached hydrogen (secondary N) is 3. The number of hydrogen-bond acceptors (Lipinski definition) is 4. The second-order valence-electron chi connectivity index (χ2n) is 5.42. The largest absolute Gasteiger partial charge is 0.480 e. The van der Waals surface area contributed by atoms with Crippen LogP contribution >= 0.6 is 28.1 Å². The van der Waals surface area contributed by atoms with Crippen LogP contribution in [0.2, 0.25) is 0 Å². The summed E-state index contributed by atoms with van der Waals surface area (Å²) in [6.45, 7) is 1.44. The van der Waals surface area contributed by atoms with Gasteiger partial charge in [-0.2, -0.15) is 5.10 Å². The number of carboxylic acids is 1. The second-order valence-corrected chi connectivity index (χ2v) is 6.75. The standard InChI is InChI=1S/C18H17BrN4O3S/c1-11(12-2-6-14(19)7-3-12)22-23-18(27)21-15-8-4-13(5-9-15)17(26)20-10-16(24)25/h2-9H,10H2,1H3,(H,20,26)(H,24,25)(H2,21,23,27)/b22-11+. The Kier molecular flexibility index (Phi) is 7.44. The summed E-state index contributed by atoms with van der Waals surface area (Å²) in [7, 11) is 0. The SMILES string of the molecule is C/C(=N\NC(=S)Nc1ccc(C(=O)NCC(=O)O)cc1)c1ccc(Br)cc1. The first kappa shape index (κ1) is 20.5. The molecule has 2 rings (SSSR count). The lowest BCUT2D eigenvalue weighted by atomic mass is 10.1. The Bertz CT molecular complexity index is 867. The summed E-state index contributed by atoms with van der Waals surface area (Å²) in [5.41, 5.74) is 5.52. The number of nitrogens with zero attached hydrogens (tertiary/aromatic N) is 1. The van der Waals surface area contributed by atoms with Gasteiger partial charge in [-0.1, -0.05) is 28.1 Å². The van der Waals surface area contributed by atoms with Crippen molar-refractivity contribution < 1.29 is 14.7 Å². The van der Waals surface area contributed by atoms with Crippen molar-refractivity contribution in [2.45, 2.75) is 6.92 Å². The molecule has 0 aliphatic carbocycles. The third-order valence-electron chi connectivity index (χ3n) is 3.39. The lowest BCUT2D eigenvalue weighted by molar-refractivity contribution is -0.135. The molecule has 2 aromatic carbocycles. The molecular weight excluding hydrogens is 432 g/mol. The number of hydrogen-bond donors (Lipinski definition) is 4. The summed E-state index contributed by atoms with van der Waals surface area (Å²) < 4.78 is 0.990. The number of carboxylic acid groups (broad SMARTS) is 1. The van der Waals surface area contributed by atoms with Crippen LogP contribution in [0.3, 0.4) is 0 Å². The van der Waals surface area contributed by atoms with Crippen LogP contribution in [0, 0.1) is 0 Å². The van der Waals surface area contributed by atoms with E-state index < -0.39 is 18.4 Å². The Labute approximate surface area is 170 Å². The number of amides is 1. The lowest BCUT2D eigenvalue weighted by Gasteiger charge is -2.09. The molecule has 7 nitrogen and oxygen atoms in total. The van der Waals surface area contributed by atoms with Gasteiger partial charge in [-0.05, 0) is 61.1 Å². The average molecular weight is 449 g/mol. The van der Waals surface area contributed by atoms with Crippen molar-refractivity contribution in [2.75, 3.05) is 11.9 Å². The number of carbonyl (C=O) groups excluding carboxylic acids is 1. The first-order valence-corrected chi connectivity index (χ1v) is 9.02. The Balaban J connectivity index is 1.90. The molecule has 9 heteroatoms. The van der Waals surface area contributed by atoms with Crippen LogP contribution in [0.4, 0.5) is 5.69 Å². The van der Waals surface area contributed by atoms with Crippen LogP contribution in [0.5, 0.6) is 0 Å². The van der Waals surface area contributed by atoms with Gasteiger partial charge in [0.05, 0.1) is 5.71 Å². The topological polar surface area (TPSA) is 103 Å². The third-order valence-corrected chi connectivity index (χ3v) is 4.11. The number of aliphatic carboxylic acids is 1. The number of rotatable bonds is 6. The molecular formula is C18H17BrN4O3S. The van der Waals surface area contributed by atoms with Crippen molar-refractivity contribution in [3.8, 4) is 0 Å². The summed E-state index contributed by atoms with van der Waals surface area (Å²) in [6, 6.07) is 14.2. The number of halogens is 1. The van der Waals surface area contributed by atoms with E-state index in [1.165, 1.54) is 0 Å². The van der Waals surface area contributed by atoms with Gasteiger partial charge in [-0.3, -0.25) is 15.0 Å². The van der Waals surface area contributed by atoms with E-state index in [4.69, 9.17) is 17.3 Å². The molecule has 0 spiro atoms. The lowest BCUT2D eigenvalue weighted by Crippen LogP contribution is -2.29. The van der Waals surface area contributed by atoms with Gasteiger partial charge in [-0.15, -0.1) is 0 Å². The van der Waals surface area contributed by atoms with E-state index in [0.717, 1.165) is 15.7 Å². The second kappa shape index (κ2) is 9.79. The normalized spacial score (nSPS) is 10.8. The monoisotopic (exact) mass is 448 g/mol. The minimum absolute atomic E-state index is 0.301. The summed E-state index contributed by atoms with van der Waals surface area (Å²) >= 11 is 8.58.